The number of hydrogen-bond acceptors (Lipinski definition) is 5. The number of allylic oxidation sites excluding steroid dienone is 1. The van der Waals surface area contributed by atoms with Crippen molar-refractivity contribution in [1.29, 1.82) is 0 Å². The fourth-order valence-electron chi connectivity index (χ4n) is 4.31. The van der Waals surface area contributed by atoms with Crippen LogP contribution in [0.25, 0.3) is 0 Å². The van der Waals surface area contributed by atoms with Crippen molar-refractivity contribution in [2.24, 2.45) is 11.0 Å². The van der Waals surface area contributed by atoms with Gasteiger partial charge in [0.05, 0.1) is 25.5 Å². The largest absolute Gasteiger partial charge is 0.497 e. The van der Waals surface area contributed by atoms with Crippen LogP contribution < -0.4 is 4.74 Å². The summed E-state index contributed by atoms with van der Waals surface area (Å²) in [7, 11) is 1.68. The highest BCUT2D eigenvalue weighted by atomic mass is 16.5. The molecule has 0 saturated heterocycles. The Kier molecular flexibility index (Phi) is 5.38. The van der Waals surface area contributed by atoms with Gasteiger partial charge in [0.1, 0.15) is 5.75 Å². The minimum atomic E-state index is -0.339. The van der Waals surface area contributed by atoms with Gasteiger partial charge in [-0.25, -0.2) is 4.79 Å². The van der Waals surface area contributed by atoms with E-state index in [1.807, 2.05) is 31.0 Å². The molecule has 0 bridgehead atoms. The molecule has 0 saturated carbocycles. The van der Waals surface area contributed by atoms with E-state index in [0.717, 1.165) is 35.6 Å². The zero-order valence-corrected chi connectivity index (χ0v) is 17.1. The highest BCUT2D eigenvalue weighted by molar-refractivity contribution is 6.06. The SMILES string of the molecule is CCOC(=O)C=C(C)N1N=C2c3cc(OC)ccc3CCC2C1c1ccccc1. The standard InChI is InChI=1S/C24H26N2O3/c1-4-29-22(27)14-16(2)26-24(18-8-6-5-7-9-18)20-13-11-17-10-12-19(28-3)15-21(17)23(20)25-26/h5-10,12,14-15,20,24H,4,11,13H2,1-3H3. The van der Waals surface area contributed by atoms with Gasteiger partial charge in [-0.2, -0.15) is 5.10 Å². The van der Waals surface area contributed by atoms with Gasteiger partial charge in [-0.1, -0.05) is 36.4 Å². The third-order valence-electron chi connectivity index (χ3n) is 5.64. The fourth-order valence-corrected chi connectivity index (χ4v) is 4.31. The number of esters is 1. The molecule has 150 valence electrons. The fraction of sp³-hybridized carbons (Fsp3) is 0.333. The van der Waals surface area contributed by atoms with E-state index < -0.39 is 0 Å². The molecule has 0 aromatic heterocycles. The maximum Gasteiger partial charge on any atom is 0.332 e. The van der Waals surface area contributed by atoms with Gasteiger partial charge in [-0.05, 0) is 49.9 Å². The zero-order valence-electron chi connectivity index (χ0n) is 17.1. The lowest BCUT2D eigenvalue weighted by atomic mass is 9.77. The van der Waals surface area contributed by atoms with Crippen LogP contribution in [0.15, 0.2) is 65.4 Å². The summed E-state index contributed by atoms with van der Waals surface area (Å²) in [4.78, 5) is 12.1. The number of hydrazone groups is 1. The number of ether oxygens (including phenoxy) is 2. The van der Waals surface area contributed by atoms with Crippen molar-refractivity contribution in [2.45, 2.75) is 32.7 Å². The highest BCUT2D eigenvalue weighted by Crippen LogP contribution is 2.45. The molecule has 5 heteroatoms. The first-order valence-electron chi connectivity index (χ1n) is 10.1. The lowest BCUT2D eigenvalue weighted by Gasteiger charge is -2.31. The van der Waals surface area contributed by atoms with Gasteiger partial charge in [0.15, 0.2) is 0 Å². The van der Waals surface area contributed by atoms with Crippen LogP contribution in [-0.2, 0) is 16.0 Å². The molecule has 5 nitrogen and oxygen atoms in total. The molecule has 0 amide bonds. The quantitative estimate of drug-likeness (QED) is 0.558. The molecule has 0 spiro atoms. The summed E-state index contributed by atoms with van der Waals surface area (Å²) < 4.78 is 10.6. The monoisotopic (exact) mass is 390 g/mol. The Morgan fingerprint density at radius 1 is 1.24 bits per heavy atom. The van der Waals surface area contributed by atoms with Gasteiger partial charge in [0, 0.05) is 23.3 Å². The third kappa shape index (κ3) is 3.65. The van der Waals surface area contributed by atoms with E-state index in [4.69, 9.17) is 14.6 Å². The molecule has 0 N–H and O–H groups in total. The van der Waals surface area contributed by atoms with Crippen molar-refractivity contribution in [3.63, 3.8) is 0 Å². The van der Waals surface area contributed by atoms with Gasteiger partial charge in [0.25, 0.3) is 0 Å². The van der Waals surface area contributed by atoms with Crippen LogP contribution in [0.4, 0.5) is 0 Å². The molecule has 2 aromatic rings. The lowest BCUT2D eigenvalue weighted by molar-refractivity contribution is -0.137. The molecule has 1 heterocycles. The number of carbonyl (C=O) groups excluding carboxylic acids is 1. The molecule has 2 aromatic carbocycles. The number of hydrogen-bond donors (Lipinski definition) is 0. The molecular formula is C24H26N2O3. The molecule has 0 radical (unpaired) electrons. The zero-order chi connectivity index (χ0) is 20.4. The van der Waals surface area contributed by atoms with E-state index in [1.54, 1.807) is 7.11 Å². The van der Waals surface area contributed by atoms with Crippen molar-refractivity contribution in [2.75, 3.05) is 13.7 Å². The molecule has 29 heavy (non-hydrogen) atoms. The summed E-state index contributed by atoms with van der Waals surface area (Å²) in [6.07, 6.45) is 3.55. The van der Waals surface area contributed by atoms with Gasteiger partial charge in [-0.3, -0.25) is 5.01 Å². The van der Waals surface area contributed by atoms with E-state index in [1.165, 1.54) is 17.2 Å². The van der Waals surface area contributed by atoms with Crippen molar-refractivity contribution in [1.82, 2.24) is 5.01 Å². The Hall–Kier alpha value is -3.08. The molecule has 2 atom stereocenters. The average Bonchev–Trinajstić information content (AvgIpc) is 3.14. The van der Waals surface area contributed by atoms with E-state index in [0.29, 0.717) is 6.61 Å². The van der Waals surface area contributed by atoms with Crippen molar-refractivity contribution < 1.29 is 14.3 Å². The number of rotatable bonds is 5. The maximum absolute atomic E-state index is 12.1. The normalized spacial score (nSPS) is 20.6. The topological polar surface area (TPSA) is 51.1 Å². The molecule has 2 unspecified atom stereocenters. The average molecular weight is 390 g/mol. The molecular weight excluding hydrogens is 364 g/mol. The molecule has 4 rings (SSSR count). The van der Waals surface area contributed by atoms with Crippen molar-refractivity contribution in [3.8, 4) is 5.75 Å². The van der Waals surface area contributed by atoms with Crippen LogP contribution in [-0.4, -0.2) is 30.4 Å². The molecule has 2 aliphatic rings. The summed E-state index contributed by atoms with van der Waals surface area (Å²) in [5, 5.41) is 7.00. The van der Waals surface area contributed by atoms with Crippen LogP contribution in [0, 0.1) is 5.92 Å². The third-order valence-corrected chi connectivity index (χ3v) is 5.64. The van der Waals surface area contributed by atoms with Gasteiger partial charge in [0.2, 0.25) is 0 Å². The second-order valence-corrected chi connectivity index (χ2v) is 7.39. The van der Waals surface area contributed by atoms with Gasteiger partial charge in [-0.15, -0.1) is 0 Å². The number of methoxy groups -OCH3 is 1. The Morgan fingerprint density at radius 2 is 2.03 bits per heavy atom. The minimum absolute atomic E-state index is 0.0521. The first kappa shape index (κ1) is 19.2. The lowest BCUT2D eigenvalue weighted by Crippen LogP contribution is -2.28. The van der Waals surface area contributed by atoms with Crippen molar-refractivity contribution in [3.05, 3.63) is 77.0 Å². The Labute approximate surface area is 171 Å². The Bertz CT molecular complexity index is 965. The van der Waals surface area contributed by atoms with Crippen molar-refractivity contribution >= 4 is 11.7 Å². The van der Waals surface area contributed by atoms with Crippen LogP contribution in [0.3, 0.4) is 0 Å². The predicted octanol–water partition coefficient (Wildman–Crippen LogP) is 4.49. The van der Waals surface area contributed by atoms with Gasteiger partial charge < -0.3 is 9.47 Å². The van der Waals surface area contributed by atoms with E-state index in [2.05, 4.69) is 36.4 Å². The van der Waals surface area contributed by atoms with Gasteiger partial charge >= 0.3 is 5.97 Å². The summed E-state index contributed by atoms with van der Waals surface area (Å²) >= 11 is 0. The summed E-state index contributed by atoms with van der Waals surface area (Å²) in [5.41, 5.74) is 5.48. The maximum atomic E-state index is 12.1. The van der Waals surface area contributed by atoms with E-state index in [-0.39, 0.29) is 17.9 Å². The summed E-state index contributed by atoms with van der Waals surface area (Å²) in [6, 6.07) is 16.7. The second-order valence-electron chi connectivity index (χ2n) is 7.39. The van der Waals surface area contributed by atoms with Crippen LogP contribution in [0.1, 0.15) is 43.0 Å². The number of aryl methyl sites for hydroxylation is 1. The minimum Gasteiger partial charge on any atom is -0.497 e. The highest BCUT2D eigenvalue weighted by Gasteiger charge is 2.42. The Balaban J connectivity index is 1.79. The van der Waals surface area contributed by atoms with E-state index in [9.17, 15) is 4.79 Å². The second kappa shape index (κ2) is 8.11. The molecule has 0 fully saturated rings. The molecule has 1 aliphatic heterocycles. The van der Waals surface area contributed by atoms with E-state index >= 15 is 0 Å². The number of benzene rings is 2. The number of carbonyl (C=O) groups is 1. The summed E-state index contributed by atoms with van der Waals surface area (Å²) in [5.74, 6) is 0.747. The first-order chi connectivity index (χ1) is 14.1. The molecule has 1 aliphatic carbocycles. The summed E-state index contributed by atoms with van der Waals surface area (Å²) in [6.45, 7) is 4.08. The van der Waals surface area contributed by atoms with Crippen LogP contribution in [0.2, 0.25) is 0 Å². The first-order valence-corrected chi connectivity index (χ1v) is 10.1. The number of fused-ring (bicyclic) bond motifs is 3. The van der Waals surface area contributed by atoms with Crippen LogP contribution in [0.5, 0.6) is 5.75 Å². The van der Waals surface area contributed by atoms with Crippen LogP contribution >= 0.6 is 0 Å². The number of nitrogens with zero attached hydrogens (tertiary/aromatic N) is 2. The smallest absolute Gasteiger partial charge is 0.332 e. The Morgan fingerprint density at radius 3 is 2.76 bits per heavy atom. The predicted molar refractivity (Wildman–Crippen MR) is 113 cm³/mol.